The van der Waals surface area contributed by atoms with Crippen LogP contribution < -0.4 is 4.90 Å². The molecule has 6 nitrogen and oxygen atoms in total. The van der Waals surface area contributed by atoms with E-state index in [0.717, 1.165) is 30.0 Å². The van der Waals surface area contributed by atoms with Gasteiger partial charge in [-0.05, 0) is 49.7 Å². The minimum atomic E-state index is -0.317. The summed E-state index contributed by atoms with van der Waals surface area (Å²) in [6.45, 7) is 8.21. The Bertz CT molecular complexity index is 1090. The number of likely N-dealkylation sites (tertiary alicyclic amines) is 1. The van der Waals surface area contributed by atoms with Gasteiger partial charge in [-0.1, -0.05) is 18.2 Å². The van der Waals surface area contributed by atoms with Crippen molar-refractivity contribution in [3.8, 4) is 5.82 Å². The van der Waals surface area contributed by atoms with Gasteiger partial charge in [0, 0.05) is 38.2 Å². The average Bonchev–Trinajstić information content (AvgIpc) is 3.40. The first-order chi connectivity index (χ1) is 14.1. The molecule has 5 heterocycles. The molecule has 1 fully saturated rings. The number of amides is 1. The molecule has 0 N–H and O–H groups in total. The first-order valence-corrected chi connectivity index (χ1v) is 9.86. The highest BCUT2D eigenvalue weighted by Gasteiger charge is 2.50. The van der Waals surface area contributed by atoms with E-state index < -0.39 is 0 Å². The van der Waals surface area contributed by atoms with Crippen LogP contribution in [0, 0.1) is 0 Å². The van der Waals surface area contributed by atoms with Crippen LogP contribution in [-0.2, 0) is 5.54 Å². The van der Waals surface area contributed by atoms with Crippen molar-refractivity contribution in [1.82, 2.24) is 19.4 Å². The van der Waals surface area contributed by atoms with Crippen molar-refractivity contribution in [1.29, 1.82) is 0 Å². The van der Waals surface area contributed by atoms with Gasteiger partial charge in [0.1, 0.15) is 11.2 Å². The summed E-state index contributed by atoms with van der Waals surface area (Å²) in [6.07, 6.45) is 6.40. The fourth-order valence-corrected chi connectivity index (χ4v) is 4.65. The minimum Gasteiger partial charge on any atom is -0.351 e. The van der Waals surface area contributed by atoms with E-state index in [1.54, 1.807) is 12.3 Å². The third kappa shape index (κ3) is 2.67. The predicted octanol–water partition coefficient (Wildman–Crippen LogP) is 3.40. The number of pyridine rings is 2. The Hall–Kier alpha value is -3.41. The Labute approximate surface area is 170 Å². The summed E-state index contributed by atoms with van der Waals surface area (Å²) in [5, 5.41) is 0. The van der Waals surface area contributed by atoms with Crippen LogP contribution in [-0.4, -0.2) is 45.0 Å². The summed E-state index contributed by atoms with van der Waals surface area (Å²) in [6, 6.07) is 13.8. The van der Waals surface area contributed by atoms with Crippen molar-refractivity contribution in [3.63, 3.8) is 0 Å². The van der Waals surface area contributed by atoms with Gasteiger partial charge in [0.05, 0.1) is 11.4 Å². The summed E-state index contributed by atoms with van der Waals surface area (Å²) in [7, 11) is 0. The second-order valence-corrected chi connectivity index (χ2v) is 7.88. The molecule has 0 unspecified atom stereocenters. The van der Waals surface area contributed by atoms with E-state index in [1.807, 2.05) is 36.2 Å². The number of nitrogens with zero attached hydrogens (tertiary/aromatic N) is 5. The summed E-state index contributed by atoms with van der Waals surface area (Å²) in [4.78, 5) is 26.3. The highest BCUT2D eigenvalue weighted by atomic mass is 16.2. The lowest BCUT2D eigenvalue weighted by molar-refractivity contribution is 0.0776. The van der Waals surface area contributed by atoms with Crippen molar-refractivity contribution in [2.45, 2.75) is 18.9 Å². The van der Waals surface area contributed by atoms with Gasteiger partial charge in [-0.2, -0.15) is 0 Å². The SMILES string of the molecule is C=C(C)CN1c2cccnc2-n2cccc2[C@]12CCN(C(=O)c1ccccn1)C2. The molecule has 5 rings (SSSR count). The lowest BCUT2D eigenvalue weighted by Gasteiger charge is -2.47. The second-order valence-electron chi connectivity index (χ2n) is 7.88. The largest absolute Gasteiger partial charge is 0.351 e. The topological polar surface area (TPSA) is 54.3 Å². The Balaban J connectivity index is 1.60. The molecule has 0 aliphatic carbocycles. The highest BCUT2D eigenvalue weighted by molar-refractivity contribution is 5.92. The van der Waals surface area contributed by atoms with Crippen LogP contribution in [0.15, 0.2) is 73.2 Å². The Morgan fingerprint density at radius 1 is 1.14 bits per heavy atom. The quantitative estimate of drug-likeness (QED) is 0.649. The number of carbonyl (C=O) groups excluding carboxylic acids is 1. The number of hydrogen-bond donors (Lipinski definition) is 0. The maximum absolute atomic E-state index is 13.1. The molecule has 1 amide bonds. The number of anilines is 1. The van der Waals surface area contributed by atoms with Crippen LogP contribution in [0.2, 0.25) is 0 Å². The Morgan fingerprint density at radius 3 is 2.79 bits per heavy atom. The second kappa shape index (κ2) is 6.58. The summed E-state index contributed by atoms with van der Waals surface area (Å²) < 4.78 is 2.17. The molecule has 0 saturated carbocycles. The molecular weight excluding hydrogens is 362 g/mol. The lowest BCUT2D eigenvalue weighted by atomic mass is 9.88. The van der Waals surface area contributed by atoms with Gasteiger partial charge >= 0.3 is 0 Å². The maximum Gasteiger partial charge on any atom is 0.272 e. The van der Waals surface area contributed by atoms with E-state index in [9.17, 15) is 4.79 Å². The molecule has 2 aliphatic heterocycles. The van der Waals surface area contributed by atoms with Gasteiger partial charge in [0.2, 0.25) is 0 Å². The van der Waals surface area contributed by atoms with Gasteiger partial charge in [0.15, 0.2) is 5.82 Å². The highest BCUT2D eigenvalue weighted by Crippen LogP contribution is 2.47. The van der Waals surface area contributed by atoms with E-state index in [2.05, 4.69) is 50.4 Å². The fraction of sp³-hybridized carbons (Fsp3) is 0.261. The van der Waals surface area contributed by atoms with Gasteiger partial charge in [-0.3, -0.25) is 9.78 Å². The minimum absolute atomic E-state index is 0.0205. The zero-order valence-electron chi connectivity index (χ0n) is 16.5. The number of fused-ring (bicyclic) bond motifs is 4. The molecule has 1 spiro atoms. The van der Waals surface area contributed by atoms with Crippen LogP contribution in [0.4, 0.5) is 5.69 Å². The average molecular weight is 385 g/mol. The standard InChI is InChI=1S/C23H23N5O/c1-17(2)15-28-19-8-5-12-25-21(19)27-13-6-9-20(27)23(28)10-14-26(16-23)22(29)18-7-3-4-11-24-18/h3-9,11-13H,1,10,14-16H2,2H3/t23-/m1/s1. The molecule has 0 radical (unpaired) electrons. The molecule has 29 heavy (non-hydrogen) atoms. The zero-order chi connectivity index (χ0) is 20.0. The van der Waals surface area contributed by atoms with Gasteiger partial charge < -0.3 is 14.4 Å². The van der Waals surface area contributed by atoms with Crippen LogP contribution in [0.5, 0.6) is 0 Å². The molecule has 1 atom stereocenters. The number of aromatic nitrogens is 3. The van der Waals surface area contributed by atoms with Gasteiger partial charge in [0.25, 0.3) is 5.91 Å². The normalized spacial score (nSPS) is 19.9. The molecule has 6 heteroatoms. The van der Waals surface area contributed by atoms with E-state index in [-0.39, 0.29) is 11.4 Å². The third-order valence-corrected chi connectivity index (χ3v) is 5.87. The van der Waals surface area contributed by atoms with E-state index in [1.165, 1.54) is 5.69 Å². The summed E-state index contributed by atoms with van der Waals surface area (Å²) in [5.41, 5.74) is 3.49. The van der Waals surface area contributed by atoms with Crippen molar-refractivity contribution in [2.24, 2.45) is 0 Å². The Morgan fingerprint density at radius 2 is 2.00 bits per heavy atom. The fourth-order valence-electron chi connectivity index (χ4n) is 4.65. The third-order valence-electron chi connectivity index (χ3n) is 5.87. The molecule has 0 aromatic carbocycles. The van der Waals surface area contributed by atoms with Crippen molar-refractivity contribution >= 4 is 11.6 Å². The monoisotopic (exact) mass is 385 g/mol. The van der Waals surface area contributed by atoms with Crippen LogP contribution in [0.25, 0.3) is 5.82 Å². The molecular formula is C23H23N5O. The molecule has 3 aromatic rings. The van der Waals surface area contributed by atoms with Crippen LogP contribution in [0.3, 0.4) is 0 Å². The molecule has 1 saturated heterocycles. The number of hydrogen-bond acceptors (Lipinski definition) is 4. The van der Waals surface area contributed by atoms with E-state index in [4.69, 9.17) is 0 Å². The Kier molecular flexibility index (Phi) is 4.01. The van der Waals surface area contributed by atoms with E-state index >= 15 is 0 Å². The summed E-state index contributed by atoms with van der Waals surface area (Å²) in [5.74, 6) is 0.904. The number of rotatable bonds is 3. The molecule has 146 valence electrons. The van der Waals surface area contributed by atoms with Gasteiger partial charge in [-0.25, -0.2) is 4.98 Å². The first kappa shape index (κ1) is 17.7. The first-order valence-electron chi connectivity index (χ1n) is 9.86. The van der Waals surface area contributed by atoms with E-state index in [0.29, 0.717) is 18.8 Å². The van der Waals surface area contributed by atoms with Crippen LogP contribution >= 0.6 is 0 Å². The summed E-state index contributed by atoms with van der Waals surface area (Å²) >= 11 is 0. The van der Waals surface area contributed by atoms with Crippen LogP contribution in [0.1, 0.15) is 29.5 Å². The smallest absolute Gasteiger partial charge is 0.272 e. The van der Waals surface area contributed by atoms with Crippen molar-refractivity contribution < 1.29 is 4.79 Å². The molecule has 3 aromatic heterocycles. The molecule has 0 bridgehead atoms. The van der Waals surface area contributed by atoms with Crippen molar-refractivity contribution in [2.75, 3.05) is 24.5 Å². The maximum atomic E-state index is 13.1. The zero-order valence-corrected chi connectivity index (χ0v) is 16.5. The van der Waals surface area contributed by atoms with Crippen molar-refractivity contribution in [3.05, 3.63) is 84.6 Å². The number of carbonyl (C=O) groups is 1. The molecule has 2 aliphatic rings. The van der Waals surface area contributed by atoms with Gasteiger partial charge in [-0.15, -0.1) is 0 Å². The lowest BCUT2D eigenvalue weighted by Crippen LogP contribution is -2.53. The predicted molar refractivity (Wildman–Crippen MR) is 112 cm³/mol.